The molecule has 0 unspecified atom stereocenters. The average molecular weight is 252 g/mol. The topological polar surface area (TPSA) is 40.5 Å². The van der Waals surface area contributed by atoms with Crippen molar-refractivity contribution in [3.05, 3.63) is 28.2 Å². The van der Waals surface area contributed by atoms with Crippen molar-refractivity contribution >= 4 is 12.6 Å². The van der Waals surface area contributed by atoms with Gasteiger partial charge >= 0.3 is 7.12 Å². The molecular formula is C13H20BNO3. The molecule has 0 bridgehead atoms. The van der Waals surface area contributed by atoms with E-state index in [2.05, 4.69) is 0 Å². The lowest BCUT2D eigenvalue weighted by molar-refractivity contribution is 0.00578. The smallest absolute Gasteiger partial charge is 0.399 e. The molecule has 1 saturated heterocycles. The summed E-state index contributed by atoms with van der Waals surface area (Å²) in [5.74, 6) is 0. The van der Waals surface area contributed by atoms with Crippen molar-refractivity contribution < 1.29 is 13.4 Å². The summed E-state index contributed by atoms with van der Waals surface area (Å²) in [5, 5.41) is 0. The molecule has 1 aliphatic rings. The molecular weight excluding hydrogens is 229 g/mol. The number of aryl methyl sites for hydroxylation is 2. The Labute approximate surface area is 112 Å². The van der Waals surface area contributed by atoms with Gasteiger partial charge in [-0.2, -0.15) is 0 Å². The fourth-order valence-corrected chi connectivity index (χ4v) is 1.85. The van der Waals surface area contributed by atoms with Crippen molar-refractivity contribution in [2.75, 3.05) is 0 Å². The Hall–Kier alpha value is -1.07. The average Bonchev–Trinajstić information content (AvgIpc) is 2.50. The quantitative estimate of drug-likeness (QED) is 0.700. The summed E-state index contributed by atoms with van der Waals surface area (Å²) in [6.07, 6.45) is 1.56. The van der Waals surface area contributed by atoms with Crippen LogP contribution in [0, 0.1) is 6.85 Å². The van der Waals surface area contributed by atoms with Crippen LogP contribution in [0.2, 0.25) is 0 Å². The minimum atomic E-state index is -2.46. The summed E-state index contributed by atoms with van der Waals surface area (Å²) in [6.45, 7) is 5.20. The zero-order valence-electron chi connectivity index (χ0n) is 14.4. The van der Waals surface area contributed by atoms with Crippen LogP contribution in [0.1, 0.15) is 37.4 Å². The van der Waals surface area contributed by atoms with E-state index in [1.165, 1.54) is 17.7 Å². The lowest BCUT2D eigenvalue weighted by Gasteiger charge is -2.32. The molecule has 1 aromatic rings. The van der Waals surface area contributed by atoms with Crippen LogP contribution in [0.5, 0.6) is 0 Å². The third kappa shape index (κ3) is 2.02. The van der Waals surface area contributed by atoms with E-state index >= 15 is 0 Å². The summed E-state index contributed by atoms with van der Waals surface area (Å²) < 4.78 is 35.5. The highest BCUT2D eigenvalue weighted by Crippen LogP contribution is 2.36. The molecule has 1 fully saturated rings. The molecule has 0 amide bonds. The number of pyridine rings is 1. The Bertz CT molecular complexity index is 606. The maximum Gasteiger partial charge on any atom is 0.496 e. The largest absolute Gasteiger partial charge is 0.496 e. The zero-order chi connectivity index (χ0) is 16.2. The molecule has 0 saturated carbocycles. The molecule has 0 radical (unpaired) electrons. The van der Waals surface area contributed by atoms with E-state index < -0.39 is 30.7 Å². The van der Waals surface area contributed by atoms with Crippen LogP contribution in [0.3, 0.4) is 0 Å². The fourth-order valence-electron chi connectivity index (χ4n) is 1.85. The van der Waals surface area contributed by atoms with Crippen molar-refractivity contribution in [1.29, 1.82) is 0 Å². The molecule has 0 N–H and O–H groups in total. The van der Waals surface area contributed by atoms with Gasteiger partial charge in [0, 0.05) is 22.9 Å². The summed E-state index contributed by atoms with van der Waals surface area (Å²) in [4.78, 5) is 12.0. The van der Waals surface area contributed by atoms with E-state index in [9.17, 15) is 4.79 Å². The Morgan fingerprint density at radius 2 is 1.83 bits per heavy atom. The van der Waals surface area contributed by atoms with Crippen molar-refractivity contribution in [2.45, 2.75) is 45.7 Å². The lowest BCUT2D eigenvalue weighted by atomic mass is 9.80. The SMILES string of the molecule is [2H]C([2H])([2H])c1cc(B2OC(C)(C)C(C)(C)O2)cn(C)c1=O. The molecule has 1 aromatic heterocycles. The number of rotatable bonds is 1. The maximum atomic E-state index is 12.0. The summed E-state index contributed by atoms with van der Waals surface area (Å²) >= 11 is 0. The van der Waals surface area contributed by atoms with Crippen molar-refractivity contribution in [1.82, 2.24) is 4.57 Å². The van der Waals surface area contributed by atoms with Crippen LogP contribution in [0.4, 0.5) is 0 Å². The van der Waals surface area contributed by atoms with Crippen LogP contribution < -0.4 is 11.0 Å². The van der Waals surface area contributed by atoms with Gasteiger partial charge in [-0.05, 0) is 40.0 Å². The summed E-state index contributed by atoms with van der Waals surface area (Å²) in [6, 6.07) is 1.36. The van der Waals surface area contributed by atoms with Crippen LogP contribution in [-0.4, -0.2) is 22.9 Å². The van der Waals surface area contributed by atoms with Gasteiger partial charge in [-0.3, -0.25) is 4.79 Å². The molecule has 5 heteroatoms. The maximum absolute atomic E-state index is 12.0. The van der Waals surface area contributed by atoms with Crippen LogP contribution in [-0.2, 0) is 16.4 Å². The number of hydrogen-bond acceptors (Lipinski definition) is 3. The van der Waals surface area contributed by atoms with Gasteiger partial charge in [-0.1, -0.05) is 6.07 Å². The van der Waals surface area contributed by atoms with Gasteiger partial charge in [0.25, 0.3) is 5.56 Å². The monoisotopic (exact) mass is 252 g/mol. The van der Waals surface area contributed by atoms with Gasteiger partial charge in [0.15, 0.2) is 0 Å². The zero-order valence-corrected chi connectivity index (χ0v) is 11.4. The van der Waals surface area contributed by atoms with Crippen LogP contribution in [0.15, 0.2) is 17.1 Å². The van der Waals surface area contributed by atoms with Crippen LogP contribution in [0.25, 0.3) is 0 Å². The first-order chi connectivity index (χ1) is 9.35. The second-order valence-electron chi connectivity index (χ2n) is 5.69. The summed E-state index contributed by atoms with van der Waals surface area (Å²) in [7, 11) is 0.828. The molecule has 18 heavy (non-hydrogen) atoms. The molecule has 1 aliphatic heterocycles. The fraction of sp³-hybridized carbons (Fsp3) is 0.615. The second-order valence-corrected chi connectivity index (χ2v) is 5.69. The van der Waals surface area contributed by atoms with Gasteiger partial charge in [-0.15, -0.1) is 0 Å². The van der Waals surface area contributed by atoms with Crippen LogP contribution >= 0.6 is 0 Å². The molecule has 98 valence electrons. The van der Waals surface area contributed by atoms with Crippen molar-refractivity contribution in [2.24, 2.45) is 7.05 Å². The van der Waals surface area contributed by atoms with E-state index in [0.717, 1.165) is 0 Å². The molecule has 0 atom stereocenters. The van der Waals surface area contributed by atoms with E-state index in [4.69, 9.17) is 13.4 Å². The Balaban J connectivity index is 2.48. The van der Waals surface area contributed by atoms with E-state index in [1.54, 1.807) is 6.20 Å². The minimum Gasteiger partial charge on any atom is -0.399 e. The molecule has 4 nitrogen and oxygen atoms in total. The normalized spacial score (nSPS) is 24.5. The van der Waals surface area contributed by atoms with E-state index in [1.807, 2.05) is 27.7 Å². The molecule has 0 spiro atoms. The Kier molecular flexibility index (Phi) is 2.16. The van der Waals surface area contributed by atoms with Gasteiger partial charge in [-0.25, -0.2) is 0 Å². The second kappa shape index (κ2) is 3.97. The third-order valence-electron chi connectivity index (χ3n) is 3.73. The first-order valence-corrected chi connectivity index (χ1v) is 5.92. The first-order valence-electron chi connectivity index (χ1n) is 7.42. The molecule has 0 aliphatic carbocycles. The van der Waals surface area contributed by atoms with Crippen molar-refractivity contribution in [3.8, 4) is 0 Å². The molecule has 2 rings (SSSR count). The first kappa shape index (κ1) is 9.81. The molecule has 2 heterocycles. The third-order valence-corrected chi connectivity index (χ3v) is 3.73. The highest BCUT2D eigenvalue weighted by atomic mass is 16.7. The minimum absolute atomic E-state index is 0.225. The van der Waals surface area contributed by atoms with E-state index in [-0.39, 0.29) is 5.56 Å². The van der Waals surface area contributed by atoms with Gasteiger partial charge < -0.3 is 13.9 Å². The molecule has 0 aromatic carbocycles. The lowest BCUT2D eigenvalue weighted by Crippen LogP contribution is -2.41. The highest BCUT2D eigenvalue weighted by molar-refractivity contribution is 6.62. The van der Waals surface area contributed by atoms with Gasteiger partial charge in [0.05, 0.1) is 11.2 Å². The van der Waals surface area contributed by atoms with Gasteiger partial charge in [0.1, 0.15) is 0 Å². The van der Waals surface area contributed by atoms with Crippen molar-refractivity contribution in [3.63, 3.8) is 0 Å². The van der Waals surface area contributed by atoms with E-state index in [0.29, 0.717) is 5.46 Å². The Morgan fingerprint density at radius 1 is 1.28 bits per heavy atom. The predicted octanol–water partition coefficient (Wildman–Crippen LogP) is 0.993. The Morgan fingerprint density at radius 3 is 2.33 bits per heavy atom. The number of hydrogen-bond donors (Lipinski definition) is 0. The highest BCUT2D eigenvalue weighted by Gasteiger charge is 2.51. The summed E-state index contributed by atoms with van der Waals surface area (Å²) in [5.41, 5.74) is -1.27. The standard InChI is InChI=1S/C13H20BNO3/c1-9-7-10(8-15(6)11(9)16)14-17-12(2,3)13(4,5)18-14/h7-8H,1-6H3/i1D3. The predicted molar refractivity (Wildman–Crippen MR) is 72.1 cm³/mol. The number of aromatic nitrogens is 1. The number of nitrogens with zero attached hydrogens (tertiary/aromatic N) is 1. The van der Waals surface area contributed by atoms with Gasteiger partial charge in [0.2, 0.25) is 0 Å².